The van der Waals surface area contributed by atoms with Crippen molar-refractivity contribution in [1.29, 1.82) is 0 Å². The maximum absolute atomic E-state index is 13.0. The second-order valence-electron chi connectivity index (χ2n) is 6.04. The number of benzene rings is 2. The first-order chi connectivity index (χ1) is 13.2. The van der Waals surface area contributed by atoms with E-state index in [0.717, 1.165) is 4.90 Å². The fourth-order valence-corrected chi connectivity index (χ4v) is 4.48. The van der Waals surface area contributed by atoms with Crippen LogP contribution in [0.3, 0.4) is 0 Å². The lowest BCUT2D eigenvalue weighted by Gasteiger charge is -2.25. The van der Waals surface area contributed by atoms with Gasteiger partial charge in [-0.1, -0.05) is 23.2 Å². The smallest absolute Gasteiger partial charge is 0.265 e. The van der Waals surface area contributed by atoms with Crippen LogP contribution in [0.1, 0.15) is 19.3 Å². The Morgan fingerprint density at radius 1 is 1.04 bits per heavy atom. The van der Waals surface area contributed by atoms with Crippen LogP contribution in [-0.2, 0) is 19.6 Å². The maximum atomic E-state index is 13.0. The minimum Gasteiger partial charge on any atom is -0.495 e. The molecule has 2 aromatic rings. The number of nitrogens with zero attached hydrogens (tertiary/aromatic N) is 1. The van der Waals surface area contributed by atoms with Crippen molar-refractivity contribution < 1.29 is 22.7 Å². The first-order valence-corrected chi connectivity index (χ1v) is 10.5. The number of rotatable bonds is 5. The largest absolute Gasteiger partial charge is 0.495 e. The molecule has 1 aliphatic rings. The van der Waals surface area contributed by atoms with Gasteiger partial charge in [0.05, 0.1) is 23.5 Å². The molecule has 1 saturated heterocycles. The van der Waals surface area contributed by atoms with Crippen LogP contribution in [0.4, 0.5) is 11.4 Å². The molecule has 1 heterocycles. The third kappa shape index (κ3) is 4.09. The average molecular weight is 443 g/mol. The van der Waals surface area contributed by atoms with Gasteiger partial charge in [0.15, 0.2) is 0 Å². The van der Waals surface area contributed by atoms with E-state index in [2.05, 4.69) is 4.72 Å². The second-order valence-corrected chi connectivity index (χ2v) is 8.54. The van der Waals surface area contributed by atoms with E-state index in [1.165, 1.54) is 43.5 Å². The summed E-state index contributed by atoms with van der Waals surface area (Å²) in [7, 11) is -2.84. The van der Waals surface area contributed by atoms with E-state index < -0.39 is 10.0 Å². The molecule has 0 aliphatic carbocycles. The Labute approximate surface area is 172 Å². The normalized spacial score (nSPS) is 14.9. The number of halogens is 2. The Morgan fingerprint density at radius 2 is 1.71 bits per heavy atom. The summed E-state index contributed by atoms with van der Waals surface area (Å²) < 4.78 is 33.4. The molecule has 148 valence electrons. The first kappa shape index (κ1) is 20.4. The molecule has 28 heavy (non-hydrogen) atoms. The lowest BCUT2D eigenvalue weighted by Crippen LogP contribution is -2.40. The molecule has 0 saturated carbocycles. The van der Waals surface area contributed by atoms with Crippen molar-refractivity contribution in [2.24, 2.45) is 0 Å². The number of amides is 2. The van der Waals surface area contributed by atoms with Crippen molar-refractivity contribution in [3.63, 3.8) is 0 Å². The third-order valence-electron chi connectivity index (χ3n) is 4.15. The summed E-state index contributed by atoms with van der Waals surface area (Å²) in [5.74, 6) is -0.711. The molecule has 0 aromatic heterocycles. The quantitative estimate of drug-likeness (QED) is 0.709. The fourth-order valence-electron chi connectivity index (χ4n) is 2.83. The van der Waals surface area contributed by atoms with Gasteiger partial charge in [-0.15, -0.1) is 0 Å². The van der Waals surface area contributed by atoms with Gasteiger partial charge < -0.3 is 4.74 Å². The molecule has 1 aliphatic heterocycles. The topological polar surface area (TPSA) is 92.8 Å². The number of hydrogen-bond donors (Lipinski definition) is 1. The molecule has 1 fully saturated rings. The standard InChI is InChI=1S/C18H16Cl2N2O5S/c1-27-15-8-6-12(22-17(23)3-2-4-18(22)24)10-16(15)28(25,26)21-14-9-11(19)5-7-13(14)20/h5-10,21H,2-4H2,1H3. The highest BCUT2D eigenvalue weighted by atomic mass is 35.5. The summed E-state index contributed by atoms with van der Waals surface area (Å²) >= 11 is 11.9. The van der Waals surface area contributed by atoms with Gasteiger partial charge >= 0.3 is 0 Å². The molecular weight excluding hydrogens is 427 g/mol. The molecule has 0 radical (unpaired) electrons. The van der Waals surface area contributed by atoms with Gasteiger partial charge in [0, 0.05) is 17.9 Å². The average Bonchev–Trinajstić information content (AvgIpc) is 2.64. The molecule has 0 bridgehead atoms. The zero-order chi connectivity index (χ0) is 20.5. The summed E-state index contributed by atoms with van der Waals surface area (Å²) in [6, 6.07) is 8.43. The minimum absolute atomic E-state index is 0.0475. The molecule has 1 N–H and O–H groups in total. The van der Waals surface area contributed by atoms with Crippen molar-refractivity contribution in [1.82, 2.24) is 0 Å². The predicted octanol–water partition coefficient (Wildman–Crippen LogP) is 3.85. The molecule has 0 spiro atoms. The van der Waals surface area contributed by atoms with Crippen LogP contribution in [0.5, 0.6) is 5.75 Å². The fraction of sp³-hybridized carbons (Fsp3) is 0.222. The summed E-state index contributed by atoms with van der Waals surface area (Å²) in [4.78, 5) is 25.1. The van der Waals surface area contributed by atoms with E-state index >= 15 is 0 Å². The van der Waals surface area contributed by atoms with Crippen molar-refractivity contribution in [3.05, 3.63) is 46.4 Å². The molecule has 7 nitrogen and oxygen atoms in total. The Balaban J connectivity index is 2.05. The Morgan fingerprint density at radius 3 is 2.36 bits per heavy atom. The Hall–Kier alpha value is -2.29. The molecule has 2 aromatic carbocycles. The molecule has 2 amide bonds. The molecular formula is C18H16Cl2N2O5S. The van der Waals surface area contributed by atoms with Gasteiger partial charge in [0.25, 0.3) is 10.0 Å². The molecule has 0 unspecified atom stereocenters. The number of anilines is 2. The summed E-state index contributed by atoms with van der Waals surface area (Å²) in [5, 5.41) is 0.455. The number of methoxy groups -OCH3 is 1. The number of ether oxygens (including phenoxy) is 1. The number of hydrogen-bond acceptors (Lipinski definition) is 5. The summed E-state index contributed by atoms with van der Waals surface area (Å²) in [6.45, 7) is 0. The number of carbonyl (C=O) groups is 2. The zero-order valence-electron chi connectivity index (χ0n) is 14.7. The van der Waals surface area contributed by atoms with Gasteiger partial charge in [-0.25, -0.2) is 8.42 Å². The minimum atomic E-state index is -4.16. The van der Waals surface area contributed by atoms with Crippen LogP contribution in [0, 0.1) is 0 Å². The lowest BCUT2D eigenvalue weighted by atomic mass is 10.1. The highest BCUT2D eigenvalue weighted by Gasteiger charge is 2.30. The number of piperidine rings is 1. The van der Waals surface area contributed by atoms with Crippen LogP contribution in [0.25, 0.3) is 0 Å². The van der Waals surface area contributed by atoms with Crippen molar-refractivity contribution >= 4 is 56.4 Å². The van der Waals surface area contributed by atoms with E-state index in [-0.39, 0.29) is 51.7 Å². The van der Waals surface area contributed by atoms with E-state index in [4.69, 9.17) is 27.9 Å². The Bertz CT molecular complexity index is 1040. The highest BCUT2D eigenvalue weighted by molar-refractivity contribution is 7.92. The van der Waals surface area contributed by atoms with Gasteiger partial charge in [-0.05, 0) is 42.8 Å². The van der Waals surface area contributed by atoms with Crippen LogP contribution in [-0.4, -0.2) is 27.3 Å². The van der Waals surface area contributed by atoms with E-state index in [0.29, 0.717) is 11.4 Å². The summed E-state index contributed by atoms with van der Waals surface area (Å²) in [5.41, 5.74) is 0.250. The monoisotopic (exact) mass is 442 g/mol. The van der Waals surface area contributed by atoms with E-state index in [1.807, 2.05) is 0 Å². The number of carbonyl (C=O) groups excluding carboxylic acids is 2. The molecule has 10 heteroatoms. The maximum Gasteiger partial charge on any atom is 0.265 e. The number of imide groups is 1. The van der Waals surface area contributed by atoms with Crippen LogP contribution in [0.15, 0.2) is 41.3 Å². The number of sulfonamides is 1. The summed E-state index contributed by atoms with van der Waals surface area (Å²) in [6.07, 6.45) is 0.913. The Kier molecular flexibility index (Phi) is 5.83. The second kappa shape index (κ2) is 7.98. The van der Waals surface area contributed by atoms with Gasteiger partial charge in [0.2, 0.25) is 11.8 Å². The molecule has 0 atom stereocenters. The van der Waals surface area contributed by atoms with Gasteiger partial charge in [-0.2, -0.15) is 0 Å². The van der Waals surface area contributed by atoms with Crippen LogP contribution < -0.4 is 14.4 Å². The van der Waals surface area contributed by atoms with Gasteiger partial charge in [0.1, 0.15) is 10.6 Å². The van der Waals surface area contributed by atoms with Crippen LogP contribution in [0.2, 0.25) is 10.0 Å². The van der Waals surface area contributed by atoms with E-state index in [9.17, 15) is 18.0 Å². The highest BCUT2D eigenvalue weighted by Crippen LogP contribution is 2.34. The van der Waals surface area contributed by atoms with Crippen molar-refractivity contribution in [2.45, 2.75) is 24.2 Å². The van der Waals surface area contributed by atoms with Crippen molar-refractivity contribution in [3.8, 4) is 5.75 Å². The number of nitrogens with one attached hydrogen (secondary N) is 1. The van der Waals surface area contributed by atoms with Crippen LogP contribution >= 0.6 is 23.2 Å². The van der Waals surface area contributed by atoms with Gasteiger partial charge in [-0.3, -0.25) is 19.2 Å². The SMILES string of the molecule is COc1ccc(N2C(=O)CCCC2=O)cc1S(=O)(=O)Nc1cc(Cl)ccc1Cl. The van der Waals surface area contributed by atoms with E-state index in [1.54, 1.807) is 0 Å². The molecule has 3 rings (SSSR count). The van der Waals surface area contributed by atoms with Crippen molar-refractivity contribution in [2.75, 3.05) is 16.7 Å². The first-order valence-electron chi connectivity index (χ1n) is 8.24. The lowest BCUT2D eigenvalue weighted by molar-refractivity contribution is -0.129. The predicted molar refractivity (Wildman–Crippen MR) is 107 cm³/mol. The zero-order valence-corrected chi connectivity index (χ0v) is 17.1. The third-order valence-corrected chi connectivity index (χ3v) is 6.10.